The predicted octanol–water partition coefficient (Wildman–Crippen LogP) is 10.4. The van der Waals surface area contributed by atoms with E-state index in [1.165, 1.54) is 44.9 Å². The van der Waals surface area contributed by atoms with Crippen molar-refractivity contribution in [3.8, 4) is 0 Å². The molecule has 12 atom stereocenters. The third kappa shape index (κ3) is 33.4. The van der Waals surface area contributed by atoms with Crippen LogP contribution in [0.1, 0.15) is 194 Å². The highest BCUT2D eigenvalue weighted by Gasteiger charge is 2.51. The smallest absolute Gasteiger partial charge is 0.220 e. The molecule has 1 amide bonds. The van der Waals surface area contributed by atoms with E-state index in [0.717, 1.165) is 116 Å². The summed E-state index contributed by atoms with van der Waals surface area (Å²) < 4.78 is 22.7. The number of rotatable bonds is 46. The molecule has 2 heterocycles. The molecular formula is C64H107NO13. The van der Waals surface area contributed by atoms with Crippen LogP contribution in [0.2, 0.25) is 0 Å². The summed E-state index contributed by atoms with van der Waals surface area (Å²) in [6.07, 6.45) is 51.4. The number of aliphatic hydroxyl groups is 8. The summed E-state index contributed by atoms with van der Waals surface area (Å²) in [5, 5.41) is 86.8. The zero-order valence-electron chi connectivity index (χ0n) is 47.9. The van der Waals surface area contributed by atoms with Crippen molar-refractivity contribution in [3.63, 3.8) is 0 Å². The Labute approximate surface area is 470 Å². The average Bonchev–Trinajstić information content (AvgIpc) is 3.47. The van der Waals surface area contributed by atoms with Gasteiger partial charge in [0.25, 0.3) is 0 Å². The fourth-order valence-corrected chi connectivity index (χ4v) is 9.17. The Morgan fingerprint density at radius 2 is 0.885 bits per heavy atom. The minimum absolute atomic E-state index is 0.223. The number of hydrogen-bond acceptors (Lipinski definition) is 13. The summed E-state index contributed by atoms with van der Waals surface area (Å²) in [6, 6.07) is -0.836. The molecule has 2 fully saturated rings. The van der Waals surface area contributed by atoms with Gasteiger partial charge in [-0.3, -0.25) is 4.79 Å². The topological polar surface area (TPSA) is 228 Å². The lowest BCUT2D eigenvalue weighted by Crippen LogP contribution is -2.65. The summed E-state index contributed by atoms with van der Waals surface area (Å²) >= 11 is 0. The fraction of sp³-hybridized carbons (Fsp3) is 0.703. The van der Waals surface area contributed by atoms with Gasteiger partial charge >= 0.3 is 0 Å². The number of amides is 1. The molecule has 446 valence electrons. The molecule has 0 saturated carbocycles. The van der Waals surface area contributed by atoms with Crippen LogP contribution in [0, 0.1) is 0 Å². The highest BCUT2D eigenvalue weighted by Crippen LogP contribution is 2.30. The maximum atomic E-state index is 13.2. The zero-order chi connectivity index (χ0) is 56.7. The number of nitrogens with one attached hydrogen (secondary N) is 1. The van der Waals surface area contributed by atoms with Crippen molar-refractivity contribution in [2.45, 2.75) is 267 Å². The second-order valence-electron chi connectivity index (χ2n) is 20.7. The van der Waals surface area contributed by atoms with Gasteiger partial charge in [-0.15, -0.1) is 0 Å². The highest BCUT2D eigenvalue weighted by atomic mass is 16.7. The van der Waals surface area contributed by atoms with Crippen LogP contribution in [0.3, 0.4) is 0 Å². The first-order chi connectivity index (χ1) is 38.1. The van der Waals surface area contributed by atoms with E-state index in [1.54, 1.807) is 0 Å². The van der Waals surface area contributed by atoms with Gasteiger partial charge in [-0.25, -0.2) is 0 Å². The molecule has 0 aromatic rings. The SMILES string of the molecule is CC/C=C\C/C=C\C/C=C\C/C=C\C/C=C\C/C=C\C/C=C\C/C=C\C/C=C\CCCCCCCCCCCC(=O)NC(COC1OC(CO)C(OC2OC(CO)C(O)C(O)C2O)C(O)C1O)C(O)CCCCCCCCC. The molecule has 2 aliphatic heterocycles. The quantitative estimate of drug-likeness (QED) is 0.0204. The van der Waals surface area contributed by atoms with E-state index in [0.29, 0.717) is 12.8 Å². The molecule has 0 aromatic heterocycles. The van der Waals surface area contributed by atoms with Gasteiger partial charge in [-0.2, -0.15) is 0 Å². The van der Waals surface area contributed by atoms with E-state index < -0.39 is 86.8 Å². The van der Waals surface area contributed by atoms with Gasteiger partial charge in [-0.05, 0) is 83.5 Å². The number of unbranched alkanes of at least 4 members (excludes halogenated alkanes) is 15. The van der Waals surface area contributed by atoms with Gasteiger partial charge in [0.15, 0.2) is 12.6 Å². The Balaban J connectivity index is 1.59. The summed E-state index contributed by atoms with van der Waals surface area (Å²) in [4.78, 5) is 13.2. The van der Waals surface area contributed by atoms with Crippen molar-refractivity contribution in [2.24, 2.45) is 0 Å². The lowest BCUT2D eigenvalue weighted by molar-refractivity contribution is -0.359. The Morgan fingerprint density at radius 1 is 0.474 bits per heavy atom. The second-order valence-corrected chi connectivity index (χ2v) is 20.7. The first-order valence-electron chi connectivity index (χ1n) is 30.1. The van der Waals surface area contributed by atoms with Crippen LogP contribution in [0.25, 0.3) is 0 Å². The van der Waals surface area contributed by atoms with E-state index in [4.69, 9.17) is 18.9 Å². The van der Waals surface area contributed by atoms with Gasteiger partial charge in [-0.1, -0.05) is 213 Å². The molecule has 78 heavy (non-hydrogen) atoms. The number of allylic oxidation sites excluding steroid dienone is 18. The highest BCUT2D eigenvalue weighted by molar-refractivity contribution is 5.76. The summed E-state index contributed by atoms with van der Waals surface area (Å²) in [5.41, 5.74) is 0. The Hall–Kier alpha value is -3.35. The van der Waals surface area contributed by atoms with Crippen molar-refractivity contribution < 1.29 is 64.6 Å². The normalized spacial score (nSPS) is 25.4. The lowest BCUT2D eigenvalue weighted by Gasteiger charge is -2.46. The molecule has 0 bridgehead atoms. The minimum atomic E-state index is -1.79. The molecule has 12 unspecified atom stereocenters. The number of aliphatic hydroxyl groups excluding tert-OH is 8. The van der Waals surface area contributed by atoms with E-state index >= 15 is 0 Å². The minimum Gasteiger partial charge on any atom is -0.394 e. The van der Waals surface area contributed by atoms with Gasteiger partial charge < -0.3 is 65.1 Å². The van der Waals surface area contributed by atoms with Crippen LogP contribution in [-0.4, -0.2) is 140 Å². The van der Waals surface area contributed by atoms with E-state index in [2.05, 4.69) is 129 Å². The molecule has 0 spiro atoms. The summed E-state index contributed by atoms with van der Waals surface area (Å²) in [5.74, 6) is -0.223. The standard InChI is InChI=1S/C64H107NO13/c1-3-5-7-9-11-12-13-14-15-16-17-18-19-20-21-22-23-24-25-26-27-28-29-30-31-32-33-34-35-36-37-38-39-40-42-44-46-48-56(69)65-52(53(68)47-45-43-41-10-8-6-4-2)51-75-63-61(74)59(72)62(55(50-67)77-63)78-64-60(73)58(71)57(70)54(49-66)76-64/h5,7,11-12,14-15,17-18,20-21,23-24,26-27,29-30,32-33,52-55,57-64,66-68,70-74H,3-4,6,8-10,13,16,19,22,25,28,31,34-51H2,1-2H3,(H,65,69)/b7-5-,12-11-,15-14-,18-17-,21-20-,24-23-,27-26-,30-29-,33-32-. The molecule has 2 saturated heterocycles. The average molecular weight is 1100 g/mol. The molecule has 14 nitrogen and oxygen atoms in total. The molecule has 2 aliphatic rings. The van der Waals surface area contributed by atoms with Crippen LogP contribution in [0.4, 0.5) is 0 Å². The Kier molecular flexibility index (Phi) is 43.9. The number of ether oxygens (including phenoxy) is 4. The molecule has 14 heteroatoms. The first kappa shape index (κ1) is 70.8. The van der Waals surface area contributed by atoms with Crippen LogP contribution in [0.15, 0.2) is 109 Å². The summed E-state index contributed by atoms with van der Waals surface area (Å²) in [7, 11) is 0. The number of carbonyl (C=O) groups excluding carboxylic acids is 1. The third-order valence-electron chi connectivity index (χ3n) is 14.0. The van der Waals surface area contributed by atoms with E-state index in [9.17, 15) is 45.6 Å². The van der Waals surface area contributed by atoms with Gasteiger partial charge in [0.1, 0.15) is 48.8 Å². The van der Waals surface area contributed by atoms with Crippen molar-refractivity contribution in [1.82, 2.24) is 5.32 Å². The Bertz CT molecular complexity index is 1720. The number of carbonyl (C=O) groups is 1. The molecule has 9 N–H and O–H groups in total. The van der Waals surface area contributed by atoms with Crippen LogP contribution < -0.4 is 5.32 Å². The van der Waals surface area contributed by atoms with Crippen LogP contribution in [0.5, 0.6) is 0 Å². The molecule has 0 radical (unpaired) electrons. The second kappa shape index (κ2) is 48.4. The fourth-order valence-electron chi connectivity index (χ4n) is 9.17. The van der Waals surface area contributed by atoms with Crippen LogP contribution >= 0.6 is 0 Å². The maximum absolute atomic E-state index is 13.2. The Morgan fingerprint density at radius 3 is 1.36 bits per heavy atom. The largest absolute Gasteiger partial charge is 0.394 e. The van der Waals surface area contributed by atoms with E-state index in [-0.39, 0.29) is 18.9 Å². The molecular weight excluding hydrogens is 991 g/mol. The van der Waals surface area contributed by atoms with Crippen molar-refractivity contribution >= 4 is 5.91 Å². The lowest BCUT2D eigenvalue weighted by atomic mass is 9.97. The monoisotopic (exact) mass is 1100 g/mol. The van der Waals surface area contributed by atoms with E-state index in [1.807, 2.05) is 0 Å². The van der Waals surface area contributed by atoms with Gasteiger partial charge in [0.05, 0.1) is 32.0 Å². The van der Waals surface area contributed by atoms with Crippen molar-refractivity contribution in [1.29, 1.82) is 0 Å². The maximum Gasteiger partial charge on any atom is 0.220 e. The molecule has 0 aliphatic carbocycles. The third-order valence-corrected chi connectivity index (χ3v) is 14.0. The van der Waals surface area contributed by atoms with Gasteiger partial charge in [0.2, 0.25) is 5.91 Å². The zero-order valence-corrected chi connectivity index (χ0v) is 47.9. The summed E-state index contributed by atoms with van der Waals surface area (Å²) in [6.45, 7) is 2.66. The molecule has 2 rings (SSSR count). The van der Waals surface area contributed by atoms with Crippen LogP contribution in [-0.2, 0) is 23.7 Å². The van der Waals surface area contributed by atoms with Gasteiger partial charge in [0, 0.05) is 6.42 Å². The molecule has 0 aromatic carbocycles. The first-order valence-corrected chi connectivity index (χ1v) is 30.1. The van der Waals surface area contributed by atoms with Crippen molar-refractivity contribution in [3.05, 3.63) is 109 Å². The number of hydrogen-bond donors (Lipinski definition) is 9. The van der Waals surface area contributed by atoms with Crippen molar-refractivity contribution in [2.75, 3.05) is 19.8 Å². The predicted molar refractivity (Wildman–Crippen MR) is 313 cm³/mol.